The molecule has 2 saturated heterocycles. The zero-order chi connectivity index (χ0) is 26.6. The molecular formula is C31H38N4O4. The summed E-state index contributed by atoms with van der Waals surface area (Å²) in [7, 11) is 0. The molecule has 0 unspecified atom stereocenters. The number of rotatable bonds is 6. The van der Waals surface area contributed by atoms with Crippen molar-refractivity contribution in [2.75, 3.05) is 39.4 Å². The molecule has 3 aliphatic rings. The van der Waals surface area contributed by atoms with Crippen molar-refractivity contribution in [2.45, 2.75) is 57.6 Å². The van der Waals surface area contributed by atoms with Gasteiger partial charge in [-0.15, -0.1) is 0 Å². The van der Waals surface area contributed by atoms with Gasteiger partial charge in [-0.2, -0.15) is 0 Å². The predicted octanol–water partition coefficient (Wildman–Crippen LogP) is 4.77. The average molecular weight is 531 g/mol. The van der Waals surface area contributed by atoms with Crippen LogP contribution < -0.4 is 4.74 Å². The average Bonchev–Trinajstić information content (AvgIpc) is 3.37. The summed E-state index contributed by atoms with van der Waals surface area (Å²) in [6, 6.07) is 11.7. The van der Waals surface area contributed by atoms with E-state index in [1.807, 2.05) is 46.3 Å². The van der Waals surface area contributed by atoms with Gasteiger partial charge in [0, 0.05) is 50.7 Å². The molecule has 0 atom stereocenters. The largest absolute Gasteiger partial charge is 0.490 e. The Morgan fingerprint density at radius 2 is 1.59 bits per heavy atom. The van der Waals surface area contributed by atoms with Crippen molar-refractivity contribution in [3.05, 3.63) is 59.9 Å². The van der Waals surface area contributed by atoms with Crippen molar-refractivity contribution in [3.8, 4) is 5.75 Å². The van der Waals surface area contributed by atoms with Crippen LogP contribution in [0.25, 0.3) is 11.0 Å². The van der Waals surface area contributed by atoms with Crippen molar-refractivity contribution in [1.29, 1.82) is 0 Å². The molecular weight excluding hydrogens is 492 g/mol. The van der Waals surface area contributed by atoms with E-state index < -0.39 is 0 Å². The highest BCUT2D eigenvalue weighted by Gasteiger charge is 2.27. The predicted molar refractivity (Wildman–Crippen MR) is 149 cm³/mol. The summed E-state index contributed by atoms with van der Waals surface area (Å²) < 4.78 is 13.9. The minimum atomic E-state index is 0.0431. The summed E-state index contributed by atoms with van der Waals surface area (Å²) in [5, 5.41) is 0. The molecule has 2 aliphatic heterocycles. The molecule has 3 aromatic rings. The Balaban J connectivity index is 1.05. The molecule has 206 valence electrons. The molecule has 6 rings (SSSR count). The number of ether oxygens (including phenoxy) is 2. The molecule has 2 amide bonds. The maximum absolute atomic E-state index is 13.3. The Bertz CT molecular complexity index is 1280. The lowest BCUT2D eigenvalue weighted by molar-refractivity contribution is 0.0304. The number of fused-ring (bicyclic) bond motifs is 1. The zero-order valence-electron chi connectivity index (χ0n) is 22.6. The Morgan fingerprint density at radius 1 is 0.872 bits per heavy atom. The quantitative estimate of drug-likeness (QED) is 0.459. The van der Waals surface area contributed by atoms with E-state index in [0.717, 1.165) is 80.5 Å². The Morgan fingerprint density at radius 3 is 2.33 bits per heavy atom. The molecule has 1 aliphatic carbocycles. The first kappa shape index (κ1) is 25.9. The van der Waals surface area contributed by atoms with Crippen LogP contribution in [0.5, 0.6) is 5.75 Å². The third kappa shape index (κ3) is 5.81. The highest BCUT2D eigenvalue weighted by atomic mass is 16.5. The normalized spacial score (nSPS) is 22.2. The summed E-state index contributed by atoms with van der Waals surface area (Å²) in [6.45, 7) is 5.02. The number of hydrogen-bond donors (Lipinski definition) is 0. The van der Waals surface area contributed by atoms with Crippen LogP contribution >= 0.6 is 0 Å². The first-order valence-electron chi connectivity index (χ1n) is 14.5. The van der Waals surface area contributed by atoms with E-state index in [2.05, 4.69) is 15.6 Å². The molecule has 0 N–H and O–H groups in total. The molecule has 0 radical (unpaired) electrons. The number of benzene rings is 1. The number of piperidine rings is 1. The standard InChI is InChI=1S/C31H38N4O4/c36-30(33-15-2-1-3-16-33)24-8-12-26(13-9-24)39-25-10-6-23(7-11-25)21-35-22-27(29-28(35)5-4-14-32-29)31(37)34-17-19-38-20-18-34/h4-5,8-9,12-14,22-23,25H,1-3,6-7,10-11,15-21H2. The van der Waals surface area contributed by atoms with E-state index in [1.165, 1.54) is 6.42 Å². The van der Waals surface area contributed by atoms with Crippen LogP contribution in [-0.2, 0) is 11.3 Å². The van der Waals surface area contributed by atoms with Crippen molar-refractivity contribution in [3.63, 3.8) is 0 Å². The van der Waals surface area contributed by atoms with Crippen molar-refractivity contribution in [1.82, 2.24) is 19.4 Å². The van der Waals surface area contributed by atoms with Crippen LogP contribution in [0.3, 0.4) is 0 Å². The molecule has 0 spiro atoms. The number of pyridine rings is 1. The van der Waals surface area contributed by atoms with Gasteiger partial charge in [0.1, 0.15) is 11.3 Å². The van der Waals surface area contributed by atoms with Gasteiger partial charge < -0.3 is 23.8 Å². The van der Waals surface area contributed by atoms with E-state index in [0.29, 0.717) is 37.8 Å². The van der Waals surface area contributed by atoms with Crippen LogP contribution in [0.2, 0.25) is 0 Å². The molecule has 1 aromatic carbocycles. The Labute approximate surface area is 229 Å². The highest BCUT2D eigenvalue weighted by molar-refractivity contribution is 6.05. The number of aromatic nitrogens is 2. The van der Waals surface area contributed by atoms with Gasteiger partial charge in [0.25, 0.3) is 11.8 Å². The zero-order valence-corrected chi connectivity index (χ0v) is 22.6. The second-order valence-electron chi connectivity index (χ2n) is 11.1. The Kier molecular flexibility index (Phi) is 7.81. The maximum Gasteiger partial charge on any atom is 0.257 e. The van der Waals surface area contributed by atoms with Crippen LogP contribution in [0.1, 0.15) is 65.7 Å². The summed E-state index contributed by atoms with van der Waals surface area (Å²) in [5.74, 6) is 1.53. The number of carbonyl (C=O) groups excluding carboxylic acids is 2. The first-order chi connectivity index (χ1) is 19.2. The third-order valence-corrected chi connectivity index (χ3v) is 8.46. The van der Waals surface area contributed by atoms with Gasteiger partial charge in [0.15, 0.2) is 0 Å². The fourth-order valence-corrected chi connectivity index (χ4v) is 6.23. The van der Waals surface area contributed by atoms with Gasteiger partial charge in [0.05, 0.1) is 30.4 Å². The van der Waals surface area contributed by atoms with Gasteiger partial charge in [-0.25, -0.2) is 0 Å². The van der Waals surface area contributed by atoms with Crippen LogP contribution in [0.15, 0.2) is 48.8 Å². The summed E-state index contributed by atoms with van der Waals surface area (Å²) >= 11 is 0. The minimum Gasteiger partial charge on any atom is -0.490 e. The molecule has 2 aromatic heterocycles. The van der Waals surface area contributed by atoms with Crippen LogP contribution in [0.4, 0.5) is 0 Å². The van der Waals surface area contributed by atoms with Gasteiger partial charge in [-0.1, -0.05) is 0 Å². The van der Waals surface area contributed by atoms with Gasteiger partial charge in [-0.05, 0) is 87.3 Å². The molecule has 8 nitrogen and oxygen atoms in total. The van der Waals surface area contributed by atoms with E-state index in [-0.39, 0.29) is 17.9 Å². The maximum atomic E-state index is 13.3. The Hall–Kier alpha value is -3.39. The number of hydrogen-bond acceptors (Lipinski definition) is 5. The molecule has 3 fully saturated rings. The minimum absolute atomic E-state index is 0.0431. The number of likely N-dealkylation sites (tertiary alicyclic amines) is 1. The van der Waals surface area contributed by atoms with Crippen LogP contribution in [0, 0.1) is 5.92 Å². The van der Waals surface area contributed by atoms with Crippen molar-refractivity contribution in [2.24, 2.45) is 5.92 Å². The van der Waals surface area contributed by atoms with Gasteiger partial charge in [-0.3, -0.25) is 14.6 Å². The molecule has 8 heteroatoms. The van der Waals surface area contributed by atoms with Crippen LogP contribution in [-0.4, -0.2) is 76.7 Å². The fraction of sp³-hybridized carbons (Fsp3) is 0.516. The summed E-state index contributed by atoms with van der Waals surface area (Å²) in [6.07, 6.45) is 11.5. The van der Waals surface area contributed by atoms with E-state index >= 15 is 0 Å². The number of morpholine rings is 1. The number of carbonyl (C=O) groups is 2. The number of nitrogens with zero attached hydrogens (tertiary/aromatic N) is 4. The second-order valence-corrected chi connectivity index (χ2v) is 11.1. The second kappa shape index (κ2) is 11.8. The summed E-state index contributed by atoms with van der Waals surface area (Å²) in [4.78, 5) is 34.4. The van der Waals surface area contributed by atoms with Gasteiger partial charge >= 0.3 is 0 Å². The topological polar surface area (TPSA) is 76.9 Å². The molecule has 1 saturated carbocycles. The summed E-state index contributed by atoms with van der Waals surface area (Å²) in [5.41, 5.74) is 3.24. The molecule has 4 heterocycles. The lowest BCUT2D eigenvalue weighted by atomic mass is 9.87. The van der Waals surface area contributed by atoms with Crippen molar-refractivity contribution >= 4 is 22.8 Å². The van der Waals surface area contributed by atoms with E-state index in [1.54, 1.807) is 6.20 Å². The van der Waals surface area contributed by atoms with E-state index in [4.69, 9.17) is 9.47 Å². The monoisotopic (exact) mass is 530 g/mol. The lowest BCUT2D eigenvalue weighted by Gasteiger charge is -2.29. The molecule has 39 heavy (non-hydrogen) atoms. The van der Waals surface area contributed by atoms with Gasteiger partial charge in [0.2, 0.25) is 0 Å². The lowest BCUT2D eigenvalue weighted by Crippen LogP contribution is -2.40. The SMILES string of the molecule is O=C(c1ccc(OC2CCC(Cn3cc(C(=O)N4CCOCC4)c4ncccc43)CC2)cc1)N1CCCCC1. The smallest absolute Gasteiger partial charge is 0.257 e. The van der Waals surface area contributed by atoms with E-state index in [9.17, 15) is 9.59 Å². The first-order valence-corrected chi connectivity index (χ1v) is 14.5. The third-order valence-electron chi connectivity index (χ3n) is 8.46. The fourth-order valence-electron chi connectivity index (χ4n) is 6.23. The number of amides is 2. The molecule has 0 bridgehead atoms. The van der Waals surface area contributed by atoms with Crippen molar-refractivity contribution < 1.29 is 19.1 Å². The highest BCUT2D eigenvalue weighted by Crippen LogP contribution is 2.31.